The summed E-state index contributed by atoms with van der Waals surface area (Å²) in [5, 5.41) is 8.28. The third-order valence-electron chi connectivity index (χ3n) is 0.961. The van der Waals surface area contributed by atoms with Crippen LogP contribution in [0.2, 0.25) is 0 Å². The van der Waals surface area contributed by atoms with Crippen molar-refractivity contribution in [2.45, 2.75) is 6.92 Å². The maximum atomic E-state index is 10.8. The highest BCUT2D eigenvalue weighted by Crippen LogP contribution is 1.89. The number of amides is 1. The second kappa shape index (κ2) is 5.45. The number of hydrogen-bond donors (Lipinski definition) is 1. The maximum Gasteiger partial charge on any atom is 0.260 e. The molecular formula is C7H10N2O2. The van der Waals surface area contributed by atoms with E-state index in [2.05, 4.69) is 16.9 Å². The van der Waals surface area contributed by atoms with Crippen molar-refractivity contribution in [1.29, 1.82) is 5.26 Å². The molecule has 1 unspecified atom stereocenters. The highest BCUT2D eigenvalue weighted by molar-refractivity contribution is 5.79. The largest absolute Gasteiger partial charge is 0.271 e. The Balaban J connectivity index is 3.54. The van der Waals surface area contributed by atoms with Crippen LogP contribution in [-0.4, -0.2) is 12.5 Å². The first-order valence-corrected chi connectivity index (χ1v) is 3.14. The zero-order valence-corrected chi connectivity index (χ0v) is 6.33. The van der Waals surface area contributed by atoms with Crippen molar-refractivity contribution >= 4 is 5.91 Å². The van der Waals surface area contributed by atoms with Crippen LogP contribution in [0.4, 0.5) is 0 Å². The van der Waals surface area contributed by atoms with Crippen LogP contribution >= 0.6 is 0 Å². The van der Waals surface area contributed by atoms with Crippen LogP contribution in [-0.2, 0) is 9.63 Å². The molecule has 0 saturated heterocycles. The van der Waals surface area contributed by atoms with Crippen molar-refractivity contribution < 1.29 is 9.63 Å². The van der Waals surface area contributed by atoms with E-state index < -0.39 is 11.8 Å². The first kappa shape index (κ1) is 9.66. The Hall–Kier alpha value is -1.34. The van der Waals surface area contributed by atoms with E-state index in [0.29, 0.717) is 0 Å². The Morgan fingerprint density at radius 2 is 2.64 bits per heavy atom. The highest BCUT2D eigenvalue weighted by Gasteiger charge is 2.09. The second-order valence-electron chi connectivity index (χ2n) is 1.92. The third kappa shape index (κ3) is 4.12. The van der Waals surface area contributed by atoms with Crippen molar-refractivity contribution in [3.05, 3.63) is 12.7 Å². The Morgan fingerprint density at radius 1 is 2.00 bits per heavy atom. The lowest BCUT2D eigenvalue weighted by atomic mass is 10.2. The molecule has 0 aromatic heterocycles. The number of carbonyl (C=O) groups is 1. The lowest BCUT2D eigenvalue weighted by Gasteiger charge is -2.03. The van der Waals surface area contributed by atoms with Gasteiger partial charge in [0.2, 0.25) is 0 Å². The molecule has 1 N–H and O–H groups in total. The van der Waals surface area contributed by atoms with Crippen LogP contribution in [0.25, 0.3) is 0 Å². The van der Waals surface area contributed by atoms with Crippen molar-refractivity contribution in [2.24, 2.45) is 5.92 Å². The first-order chi connectivity index (χ1) is 5.22. The van der Waals surface area contributed by atoms with E-state index in [1.165, 1.54) is 13.0 Å². The summed E-state index contributed by atoms with van der Waals surface area (Å²) in [6, 6.07) is 1.77. The molecule has 0 fully saturated rings. The van der Waals surface area contributed by atoms with Gasteiger partial charge in [-0.2, -0.15) is 5.26 Å². The van der Waals surface area contributed by atoms with Gasteiger partial charge >= 0.3 is 0 Å². The Bertz CT molecular complexity index is 183. The van der Waals surface area contributed by atoms with Crippen molar-refractivity contribution in [2.75, 3.05) is 6.61 Å². The molecule has 4 nitrogen and oxygen atoms in total. The summed E-state index contributed by atoms with van der Waals surface area (Å²) in [6.45, 7) is 5.11. The van der Waals surface area contributed by atoms with Crippen LogP contribution in [0.15, 0.2) is 12.7 Å². The maximum absolute atomic E-state index is 10.8. The van der Waals surface area contributed by atoms with Crippen LogP contribution in [0.3, 0.4) is 0 Å². The zero-order valence-electron chi connectivity index (χ0n) is 6.33. The highest BCUT2D eigenvalue weighted by atomic mass is 16.6. The average Bonchev–Trinajstić information content (AvgIpc) is 2.03. The molecular weight excluding hydrogens is 144 g/mol. The summed E-state index contributed by atoms with van der Waals surface area (Å²) in [5.41, 5.74) is 2.10. The van der Waals surface area contributed by atoms with Gasteiger partial charge in [-0.1, -0.05) is 6.08 Å². The number of nitrogens with one attached hydrogen (secondary N) is 1. The first-order valence-electron chi connectivity index (χ1n) is 3.14. The summed E-state index contributed by atoms with van der Waals surface area (Å²) in [7, 11) is 0. The molecule has 0 saturated carbocycles. The van der Waals surface area contributed by atoms with Gasteiger partial charge in [0.1, 0.15) is 5.92 Å². The van der Waals surface area contributed by atoms with Gasteiger partial charge in [-0.15, -0.1) is 6.58 Å². The lowest BCUT2D eigenvalue weighted by molar-refractivity contribution is -0.134. The van der Waals surface area contributed by atoms with Crippen molar-refractivity contribution in [1.82, 2.24) is 5.48 Å². The van der Waals surface area contributed by atoms with E-state index in [1.807, 2.05) is 0 Å². The Labute approximate surface area is 65.4 Å². The molecule has 0 aliphatic heterocycles. The summed E-state index contributed by atoms with van der Waals surface area (Å²) < 4.78 is 0. The summed E-state index contributed by atoms with van der Waals surface area (Å²) in [4.78, 5) is 15.4. The minimum atomic E-state index is -0.681. The van der Waals surface area contributed by atoms with Gasteiger partial charge in [-0.25, -0.2) is 5.48 Å². The monoisotopic (exact) mass is 154 g/mol. The van der Waals surface area contributed by atoms with Gasteiger partial charge in [-0.3, -0.25) is 9.63 Å². The van der Waals surface area contributed by atoms with Crippen molar-refractivity contribution in [3.8, 4) is 6.07 Å². The van der Waals surface area contributed by atoms with Crippen LogP contribution in [0.5, 0.6) is 0 Å². The summed E-state index contributed by atoms with van der Waals surface area (Å²) in [5.74, 6) is -1.12. The van der Waals surface area contributed by atoms with Crippen LogP contribution in [0.1, 0.15) is 6.92 Å². The van der Waals surface area contributed by atoms with E-state index in [9.17, 15) is 4.79 Å². The second-order valence-corrected chi connectivity index (χ2v) is 1.92. The standard InChI is InChI=1S/C7H10N2O2/c1-3-4-11-9-7(10)6(2)5-8/h3,6H,1,4H2,2H3,(H,9,10). The predicted molar refractivity (Wildman–Crippen MR) is 39.1 cm³/mol. The molecule has 0 aromatic rings. The van der Waals surface area contributed by atoms with Gasteiger partial charge in [0.15, 0.2) is 0 Å². The van der Waals surface area contributed by atoms with Gasteiger partial charge in [0.25, 0.3) is 5.91 Å². The SMILES string of the molecule is C=CCONC(=O)C(C)C#N. The lowest BCUT2D eigenvalue weighted by Crippen LogP contribution is -2.28. The normalized spacial score (nSPS) is 11.3. The smallest absolute Gasteiger partial charge is 0.260 e. The summed E-state index contributed by atoms with van der Waals surface area (Å²) >= 11 is 0. The minimum absolute atomic E-state index is 0.240. The van der Waals surface area contributed by atoms with Gasteiger partial charge in [0.05, 0.1) is 12.7 Å². The molecule has 0 heterocycles. The molecule has 4 heteroatoms. The molecule has 1 atom stereocenters. The van der Waals surface area contributed by atoms with Gasteiger partial charge < -0.3 is 0 Å². The molecule has 0 aliphatic rings. The molecule has 0 rings (SSSR count). The number of carbonyl (C=O) groups excluding carboxylic acids is 1. The van der Waals surface area contributed by atoms with E-state index in [-0.39, 0.29) is 6.61 Å². The number of hydroxylamine groups is 1. The fraction of sp³-hybridized carbons (Fsp3) is 0.429. The molecule has 60 valence electrons. The van der Waals surface area contributed by atoms with Crippen LogP contribution in [0, 0.1) is 17.2 Å². The number of nitriles is 1. The molecule has 0 aliphatic carbocycles. The zero-order chi connectivity index (χ0) is 8.69. The van der Waals surface area contributed by atoms with E-state index in [0.717, 1.165) is 0 Å². The fourth-order valence-electron chi connectivity index (χ4n) is 0.319. The molecule has 0 spiro atoms. The molecule has 11 heavy (non-hydrogen) atoms. The van der Waals surface area contributed by atoms with E-state index >= 15 is 0 Å². The molecule has 0 aromatic carbocycles. The summed E-state index contributed by atoms with van der Waals surface area (Å²) in [6.07, 6.45) is 1.50. The molecule has 0 bridgehead atoms. The van der Waals surface area contributed by atoms with E-state index in [1.54, 1.807) is 6.07 Å². The number of rotatable bonds is 4. The predicted octanol–water partition coefficient (Wildman–Crippen LogP) is 0.380. The molecule has 0 radical (unpaired) electrons. The topological polar surface area (TPSA) is 62.1 Å². The molecule has 1 amide bonds. The van der Waals surface area contributed by atoms with Gasteiger partial charge in [0, 0.05) is 0 Å². The third-order valence-corrected chi connectivity index (χ3v) is 0.961. The number of nitrogens with zero attached hydrogens (tertiary/aromatic N) is 1. The van der Waals surface area contributed by atoms with Crippen molar-refractivity contribution in [3.63, 3.8) is 0 Å². The quantitative estimate of drug-likeness (QED) is 0.361. The fourth-order valence-corrected chi connectivity index (χ4v) is 0.319. The van der Waals surface area contributed by atoms with E-state index in [4.69, 9.17) is 5.26 Å². The number of hydrogen-bond acceptors (Lipinski definition) is 3. The average molecular weight is 154 g/mol. The minimum Gasteiger partial charge on any atom is -0.271 e. The Morgan fingerprint density at radius 3 is 3.09 bits per heavy atom. The van der Waals surface area contributed by atoms with Crippen LogP contribution < -0.4 is 5.48 Å². The Kier molecular flexibility index (Phi) is 4.78. The van der Waals surface area contributed by atoms with Gasteiger partial charge in [-0.05, 0) is 6.92 Å².